The van der Waals surface area contributed by atoms with Gasteiger partial charge in [-0.05, 0) is 62.8 Å². The molecule has 2 atom stereocenters. The van der Waals surface area contributed by atoms with Crippen LogP contribution >= 0.6 is 0 Å². The number of hydrogen-bond donors (Lipinski definition) is 3. The lowest BCUT2D eigenvalue weighted by molar-refractivity contribution is -0.123. The molecule has 2 aliphatic rings. The van der Waals surface area contributed by atoms with Crippen molar-refractivity contribution in [2.24, 2.45) is 11.7 Å². The summed E-state index contributed by atoms with van der Waals surface area (Å²) in [5, 5.41) is 5.07. The van der Waals surface area contributed by atoms with Gasteiger partial charge in [0.2, 0.25) is 11.8 Å². The molecule has 2 saturated carbocycles. The standard InChI is InChI=1S/C29H28F4N4O7/c1-13(42-29(34)40)24-23(26(39)36-22(25(38)35-17-6-7-17)18-8-5-16(30)11-19(18)31)37-27(44-24)15-4-9-20(43-28(32)33)21(10-15)41-12-14-2-3-14/h4-5,8-11,13-14,17,22,28H,2-3,6-7,12H2,1H3,(H2,34,40)(H,35,38)(H,36,39). The molecule has 11 nitrogen and oxygen atoms in total. The molecule has 1 heterocycles. The Morgan fingerprint density at radius 3 is 2.45 bits per heavy atom. The summed E-state index contributed by atoms with van der Waals surface area (Å²) in [6.45, 7) is -1.51. The summed E-state index contributed by atoms with van der Waals surface area (Å²) in [4.78, 5) is 42.4. The fraction of sp³-hybridized carbons (Fsp3) is 0.379. The fourth-order valence-electron chi connectivity index (χ4n) is 4.29. The number of nitrogens with one attached hydrogen (secondary N) is 2. The first-order valence-electron chi connectivity index (χ1n) is 13.7. The zero-order chi connectivity index (χ0) is 31.5. The third-order valence-corrected chi connectivity index (χ3v) is 6.84. The number of amides is 3. The van der Waals surface area contributed by atoms with Crippen molar-refractivity contribution in [3.8, 4) is 23.0 Å². The molecule has 3 amide bonds. The first kappa shape index (κ1) is 30.6. The Hall–Kier alpha value is -4.82. The van der Waals surface area contributed by atoms with Crippen LogP contribution in [0.3, 0.4) is 0 Å². The Morgan fingerprint density at radius 2 is 1.82 bits per heavy atom. The van der Waals surface area contributed by atoms with Crippen molar-refractivity contribution in [3.05, 3.63) is 65.1 Å². The van der Waals surface area contributed by atoms with Crippen molar-refractivity contribution >= 4 is 17.9 Å². The highest BCUT2D eigenvalue weighted by Gasteiger charge is 2.34. The third-order valence-electron chi connectivity index (χ3n) is 6.84. The molecule has 0 radical (unpaired) electrons. The highest BCUT2D eigenvalue weighted by atomic mass is 19.3. The SMILES string of the molecule is CC(OC(N)=O)c1oc(-c2ccc(OC(F)F)c(OCC3CC3)c2)nc1C(=O)NC(C(=O)NC1CC1)c1ccc(F)cc1F. The number of nitrogens with zero attached hydrogens (tertiary/aromatic N) is 1. The number of carbonyl (C=O) groups excluding carboxylic acids is 3. The molecule has 2 aliphatic carbocycles. The Morgan fingerprint density at radius 1 is 1.07 bits per heavy atom. The van der Waals surface area contributed by atoms with E-state index in [-0.39, 0.29) is 52.8 Å². The summed E-state index contributed by atoms with van der Waals surface area (Å²) in [7, 11) is 0. The first-order chi connectivity index (χ1) is 21.0. The van der Waals surface area contributed by atoms with Gasteiger partial charge in [0.25, 0.3) is 5.91 Å². The van der Waals surface area contributed by atoms with Crippen LogP contribution in [0.2, 0.25) is 0 Å². The molecular weight excluding hydrogens is 592 g/mol. The predicted octanol–water partition coefficient (Wildman–Crippen LogP) is 4.92. The second kappa shape index (κ2) is 12.8. The van der Waals surface area contributed by atoms with Gasteiger partial charge in [0.1, 0.15) is 17.7 Å². The zero-order valence-electron chi connectivity index (χ0n) is 23.3. The molecule has 15 heteroatoms. The number of hydrogen-bond acceptors (Lipinski definition) is 8. The van der Waals surface area contributed by atoms with E-state index >= 15 is 0 Å². The van der Waals surface area contributed by atoms with Crippen LogP contribution in [0, 0.1) is 17.6 Å². The molecule has 0 spiro atoms. The van der Waals surface area contributed by atoms with Crippen LogP contribution in [0.25, 0.3) is 11.5 Å². The number of aromatic nitrogens is 1. The van der Waals surface area contributed by atoms with Crippen LogP contribution < -0.4 is 25.8 Å². The second-order valence-corrected chi connectivity index (χ2v) is 10.5. The lowest BCUT2D eigenvalue weighted by atomic mass is 10.0. The monoisotopic (exact) mass is 620 g/mol. The zero-order valence-corrected chi connectivity index (χ0v) is 23.3. The minimum absolute atomic E-state index is 0.0227. The lowest BCUT2D eigenvalue weighted by Gasteiger charge is -2.19. The highest BCUT2D eigenvalue weighted by Crippen LogP contribution is 2.37. The van der Waals surface area contributed by atoms with Crippen LogP contribution in [0.1, 0.15) is 66.6 Å². The van der Waals surface area contributed by atoms with Crippen molar-refractivity contribution in [3.63, 3.8) is 0 Å². The van der Waals surface area contributed by atoms with Gasteiger partial charge < -0.3 is 35.0 Å². The molecule has 2 aromatic carbocycles. The van der Waals surface area contributed by atoms with Crippen molar-refractivity contribution in [1.82, 2.24) is 15.6 Å². The normalized spacial score (nSPS) is 15.8. The van der Waals surface area contributed by atoms with Gasteiger partial charge in [-0.1, -0.05) is 6.07 Å². The predicted molar refractivity (Wildman–Crippen MR) is 144 cm³/mol. The Labute approximate surface area is 248 Å². The average molecular weight is 621 g/mol. The maximum absolute atomic E-state index is 14.8. The Kier molecular flexibility index (Phi) is 8.92. The molecular formula is C29H28F4N4O7. The van der Waals surface area contributed by atoms with Gasteiger partial charge in [-0.3, -0.25) is 9.59 Å². The molecule has 0 saturated heterocycles. The first-order valence-corrected chi connectivity index (χ1v) is 13.7. The molecule has 0 aliphatic heterocycles. The molecule has 44 heavy (non-hydrogen) atoms. The summed E-state index contributed by atoms with van der Waals surface area (Å²) in [6, 6.07) is 4.67. The van der Waals surface area contributed by atoms with Crippen LogP contribution in [-0.4, -0.2) is 42.2 Å². The van der Waals surface area contributed by atoms with Crippen molar-refractivity contribution < 1.29 is 50.6 Å². The Bertz CT molecular complexity index is 1560. The maximum Gasteiger partial charge on any atom is 0.405 e. The highest BCUT2D eigenvalue weighted by molar-refractivity contribution is 5.98. The fourth-order valence-corrected chi connectivity index (χ4v) is 4.29. The van der Waals surface area contributed by atoms with Crippen molar-refractivity contribution in [2.45, 2.75) is 57.4 Å². The van der Waals surface area contributed by atoms with E-state index in [1.54, 1.807) is 0 Å². The molecule has 2 unspecified atom stereocenters. The minimum atomic E-state index is -3.12. The summed E-state index contributed by atoms with van der Waals surface area (Å²) >= 11 is 0. The van der Waals surface area contributed by atoms with E-state index in [0.717, 1.165) is 25.0 Å². The number of rotatable bonds is 13. The number of alkyl halides is 2. The van der Waals surface area contributed by atoms with Gasteiger partial charge in [0.05, 0.1) is 6.61 Å². The van der Waals surface area contributed by atoms with Gasteiger partial charge in [-0.2, -0.15) is 8.78 Å². The number of halogens is 4. The van der Waals surface area contributed by atoms with Crippen LogP contribution in [0.15, 0.2) is 40.8 Å². The molecule has 5 rings (SSSR count). The van der Waals surface area contributed by atoms with E-state index < -0.39 is 54.0 Å². The molecule has 2 fully saturated rings. The van der Waals surface area contributed by atoms with E-state index in [4.69, 9.17) is 19.6 Å². The largest absolute Gasteiger partial charge is 0.489 e. The van der Waals surface area contributed by atoms with E-state index in [1.807, 2.05) is 0 Å². The molecule has 234 valence electrons. The average Bonchev–Trinajstić information content (AvgIpc) is 3.89. The summed E-state index contributed by atoms with van der Waals surface area (Å²) in [5.41, 5.74) is 4.57. The van der Waals surface area contributed by atoms with Gasteiger partial charge in [-0.15, -0.1) is 0 Å². The quantitative estimate of drug-likeness (QED) is 0.228. The van der Waals surface area contributed by atoms with Gasteiger partial charge >= 0.3 is 12.7 Å². The lowest BCUT2D eigenvalue weighted by Crippen LogP contribution is -2.42. The van der Waals surface area contributed by atoms with Crippen LogP contribution in [0.4, 0.5) is 22.4 Å². The van der Waals surface area contributed by atoms with Gasteiger partial charge in [0, 0.05) is 23.2 Å². The summed E-state index contributed by atoms with van der Waals surface area (Å²) in [6.07, 6.45) is 0.815. The minimum Gasteiger partial charge on any atom is -0.489 e. The number of benzene rings is 2. The maximum atomic E-state index is 14.8. The molecule has 3 aromatic rings. The number of carbonyl (C=O) groups is 3. The number of oxazole rings is 1. The number of ether oxygens (including phenoxy) is 3. The van der Waals surface area contributed by atoms with E-state index in [9.17, 15) is 31.9 Å². The number of primary amides is 1. The van der Waals surface area contributed by atoms with Gasteiger partial charge in [-0.25, -0.2) is 18.6 Å². The summed E-state index contributed by atoms with van der Waals surface area (Å²) in [5.74, 6) is -4.20. The van der Waals surface area contributed by atoms with Crippen LogP contribution in [0.5, 0.6) is 11.5 Å². The second-order valence-electron chi connectivity index (χ2n) is 10.5. The van der Waals surface area contributed by atoms with Crippen LogP contribution in [-0.2, 0) is 9.53 Å². The van der Waals surface area contributed by atoms with Crippen molar-refractivity contribution in [2.75, 3.05) is 6.61 Å². The third kappa shape index (κ3) is 7.57. The van der Waals surface area contributed by atoms with E-state index in [1.165, 1.54) is 25.1 Å². The molecule has 1 aromatic heterocycles. The van der Waals surface area contributed by atoms with E-state index in [2.05, 4.69) is 20.4 Å². The van der Waals surface area contributed by atoms with Crippen molar-refractivity contribution in [1.29, 1.82) is 0 Å². The topological polar surface area (TPSA) is 155 Å². The smallest absolute Gasteiger partial charge is 0.405 e. The molecule has 4 N–H and O–H groups in total. The summed E-state index contributed by atoms with van der Waals surface area (Å²) < 4.78 is 75.4. The van der Waals surface area contributed by atoms with Gasteiger partial charge in [0.15, 0.2) is 29.1 Å². The Balaban J connectivity index is 1.49. The molecule has 0 bridgehead atoms. The number of nitrogens with two attached hydrogens (primary N) is 1. The van der Waals surface area contributed by atoms with E-state index in [0.29, 0.717) is 18.9 Å².